The van der Waals surface area contributed by atoms with Gasteiger partial charge in [0, 0.05) is 23.6 Å². The monoisotopic (exact) mass is 357 g/mol. The number of rotatable bonds is 4. The molecule has 1 atom stereocenters. The van der Waals surface area contributed by atoms with E-state index in [1.54, 1.807) is 12.0 Å². The van der Waals surface area contributed by atoms with Crippen LogP contribution in [0.4, 0.5) is 0 Å². The average molecular weight is 357 g/mol. The molecule has 0 radical (unpaired) electrons. The standard InChI is InChI=1S/C19H23N3O4/c1-12-10-16(19(24)21-8-9-26-17(11-21)18(20)23)13(2)22(12)14-4-6-15(25-3)7-5-14/h4-7,10,17H,8-9,11H2,1-3H3,(H2,20,23). The highest BCUT2D eigenvalue weighted by atomic mass is 16.5. The molecule has 2 N–H and O–H groups in total. The number of carbonyl (C=O) groups excluding carboxylic acids is 2. The van der Waals surface area contributed by atoms with Gasteiger partial charge in [-0.05, 0) is 44.2 Å². The number of methoxy groups -OCH3 is 1. The number of aromatic nitrogens is 1. The molecule has 1 saturated heterocycles. The second-order valence-corrected chi connectivity index (χ2v) is 6.33. The van der Waals surface area contributed by atoms with Gasteiger partial charge in [-0.25, -0.2) is 0 Å². The molecule has 7 nitrogen and oxygen atoms in total. The second-order valence-electron chi connectivity index (χ2n) is 6.33. The highest BCUT2D eigenvalue weighted by Crippen LogP contribution is 2.24. The van der Waals surface area contributed by atoms with E-state index >= 15 is 0 Å². The van der Waals surface area contributed by atoms with Crippen molar-refractivity contribution in [2.45, 2.75) is 20.0 Å². The number of hydrogen-bond acceptors (Lipinski definition) is 4. The number of primary amides is 1. The van der Waals surface area contributed by atoms with Gasteiger partial charge in [0.2, 0.25) is 5.91 Å². The Hall–Kier alpha value is -2.80. The molecule has 0 aliphatic carbocycles. The quantitative estimate of drug-likeness (QED) is 0.897. The van der Waals surface area contributed by atoms with E-state index in [1.165, 1.54) is 0 Å². The largest absolute Gasteiger partial charge is 0.497 e. The van der Waals surface area contributed by atoms with Gasteiger partial charge >= 0.3 is 0 Å². The minimum atomic E-state index is -0.752. The van der Waals surface area contributed by atoms with Crippen molar-refractivity contribution in [3.63, 3.8) is 0 Å². The molecule has 1 aromatic carbocycles. The summed E-state index contributed by atoms with van der Waals surface area (Å²) in [5.41, 5.74) is 8.68. The summed E-state index contributed by atoms with van der Waals surface area (Å²) in [6.45, 7) is 4.79. The van der Waals surface area contributed by atoms with Crippen molar-refractivity contribution in [3.05, 3.63) is 47.3 Å². The lowest BCUT2D eigenvalue weighted by Gasteiger charge is -2.31. The van der Waals surface area contributed by atoms with Crippen LogP contribution in [0.15, 0.2) is 30.3 Å². The smallest absolute Gasteiger partial charge is 0.255 e. The van der Waals surface area contributed by atoms with Gasteiger partial charge in [-0.3, -0.25) is 9.59 Å². The van der Waals surface area contributed by atoms with E-state index in [1.807, 2.05) is 48.7 Å². The molecule has 3 rings (SSSR count). The number of nitrogens with two attached hydrogens (primary N) is 1. The summed E-state index contributed by atoms with van der Waals surface area (Å²) < 4.78 is 12.5. The van der Waals surface area contributed by atoms with Crippen LogP contribution >= 0.6 is 0 Å². The highest BCUT2D eigenvalue weighted by molar-refractivity contribution is 5.96. The first-order valence-corrected chi connectivity index (χ1v) is 8.46. The molecule has 2 heterocycles. The van der Waals surface area contributed by atoms with Gasteiger partial charge < -0.3 is 24.7 Å². The van der Waals surface area contributed by atoms with Crippen molar-refractivity contribution in [3.8, 4) is 11.4 Å². The summed E-state index contributed by atoms with van der Waals surface area (Å²) in [6, 6.07) is 9.54. The number of aryl methyl sites for hydroxylation is 1. The van der Waals surface area contributed by atoms with Crippen molar-refractivity contribution in [1.82, 2.24) is 9.47 Å². The van der Waals surface area contributed by atoms with Crippen LogP contribution in [0.3, 0.4) is 0 Å². The summed E-state index contributed by atoms with van der Waals surface area (Å²) in [4.78, 5) is 26.0. The lowest BCUT2D eigenvalue weighted by atomic mass is 10.2. The molecule has 2 amide bonds. The van der Waals surface area contributed by atoms with Crippen molar-refractivity contribution in [1.29, 1.82) is 0 Å². The van der Waals surface area contributed by atoms with E-state index in [4.69, 9.17) is 15.2 Å². The molecular formula is C19H23N3O4. The third kappa shape index (κ3) is 3.30. The molecule has 0 bridgehead atoms. The van der Waals surface area contributed by atoms with Crippen LogP contribution in [-0.4, -0.2) is 54.2 Å². The number of nitrogens with zero attached hydrogens (tertiary/aromatic N) is 2. The third-order valence-electron chi connectivity index (χ3n) is 4.66. The maximum Gasteiger partial charge on any atom is 0.255 e. The summed E-state index contributed by atoms with van der Waals surface area (Å²) in [6.07, 6.45) is -0.752. The Morgan fingerprint density at radius 1 is 1.23 bits per heavy atom. The van der Waals surface area contributed by atoms with Crippen molar-refractivity contribution >= 4 is 11.8 Å². The molecule has 1 aliphatic heterocycles. The van der Waals surface area contributed by atoms with Gasteiger partial charge in [-0.2, -0.15) is 0 Å². The summed E-state index contributed by atoms with van der Waals surface area (Å²) in [5.74, 6) is 0.108. The molecule has 0 saturated carbocycles. The lowest BCUT2D eigenvalue weighted by Crippen LogP contribution is -2.50. The van der Waals surface area contributed by atoms with E-state index in [0.29, 0.717) is 18.7 Å². The highest BCUT2D eigenvalue weighted by Gasteiger charge is 2.30. The van der Waals surface area contributed by atoms with E-state index in [9.17, 15) is 9.59 Å². The third-order valence-corrected chi connectivity index (χ3v) is 4.66. The van der Waals surface area contributed by atoms with Crippen molar-refractivity contribution in [2.24, 2.45) is 5.73 Å². The predicted molar refractivity (Wildman–Crippen MR) is 96.6 cm³/mol. The first-order chi connectivity index (χ1) is 12.4. The lowest BCUT2D eigenvalue weighted by molar-refractivity contribution is -0.133. The Labute approximate surface area is 152 Å². The fourth-order valence-corrected chi connectivity index (χ4v) is 3.28. The van der Waals surface area contributed by atoms with Gasteiger partial charge in [-0.15, -0.1) is 0 Å². The number of hydrogen-bond donors (Lipinski definition) is 1. The fraction of sp³-hybridized carbons (Fsp3) is 0.368. The summed E-state index contributed by atoms with van der Waals surface area (Å²) in [5, 5.41) is 0. The van der Waals surface area contributed by atoms with E-state index in [2.05, 4.69) is 0 Å². The summed E-state index contributed by atoms with van der Waals surface area (Å²) in [7, 11) is 1.62. The van der Waals surface area contributed by atoms with E-state index in [-0.39, 0.29) is 12.5 Å². The van der Waals surface area contributed by atoms with Crippen LogP contribution in [0, 0.1) is 13.8 Å². The van der Waals surface area contributed by atoms with Gasteiger partial charge in [0.15, 0.2) is 6.10 Å². The minimum absolute atomic E-state index is 0.118. The Bertz CT molecular complexity index is 826. The van der Waals surface area contributed by atoms with E-state index in [0.717, 1.165) is 22.8 Å². The van der Waals surface area contributed by atoms with Crippen LogP contribution < -0.4 is 10.5 Å². The molecule has 138 valence electrons. The predicted octanol–water partition coefficient (Wildman–Crippen LogP) is 1.43. The maximum absolute atomic E-state index is 13.0. The van der Waals surface area contributed by atoms with E-state index < -0.39 is 12.0 Å². The van der Waals surface area contributed by atoms with Gasteiger partial charge in [0.05, 0.1) is 25.8 Å². The second kappa shape index (κ2) is 7.21. The molecule has 0 spiro atoms. The molecule has 2 aromatic rings. The molecule has 1 aliphatic rings. The molecule has 26 heavy (non-hydrogen) atoms. The average Bonchev–Trinajstić information content (AvgIpc) is 2.95. The number of morpholine rings is 1. The first kappa shape index (κ1) is 18.0. The number of amides is 2. The Morgan fingerprint density at radius 3 is 2.54 bits per heavy atom. The zero-order chi connectivity index (χ0) is 18.8. The molecule has 1 aromatic heterocycles. The molecule has 7 heteroatoms. The fourth-order valence-electron chi connectivity index (χ4n) is 3.28. The van der Waals surface area contributed by atoms with Crippen LogP contribution in [-0.2, 0) is 9.53 Å². The Morgan fingerprint density at radius 2 is 1.92 bits per heavy atom. The topological polar surface area (TPSA) is 86.8 Å². The zero-order valence-electron chi connectivity index (χ0n) is 15.2. The van der Waals surface area contributed by atoms with Crippen molar-refractivity contribution in [2.75, 3.05) is 26.8 Å². The molecule has 1 fully saturated rings. The van der Waals surface area contributed by atoms with Gasteiger partial charge in [-0.1, -0.05) is 0 Å². The number of ether oxygens (including phenoxy) is 2. The normalized spacial score (nSPS) is 17.2. The van der Waals surface area contributed by atoms with Crippen LogP contribution in [0.1, 0.15) is 21.7 Å². The van der Waals surface area contributed by atoms with Crippen LogP contribution in [0.25, 0.3) is 5.69 Å². The first-order valence-electron chi connectivity index (χ1n) is 8.46. The summed E-state index contributed by atoms with van der Waals surface area (Å²) >= 11 is 0. The number of carbonyl (C=O) groups is 2. The Balaban J connectivity index is 1.89. The SMILES string of the molecule is COc1ccc(-n2c(C)cc(C(=O)N3CCOC(C(N)=O)C3)c2C)cc1. The zero-order valence-corrected chi connectivity index (χ0v) is 15.2. The molecular weight excluding hydrogens is 334 g/mol. The van der Waals surface area contributed by atoms with Gasteiger partial charge in [0.1, 0.15) is 5.75 Å². The van der Waals surface area contributed by atoms with Gasteiger partial charge in [0.25, 0.3) is 5.91 Å². The molecule has 1 unspecified atom stereocenters. The van der Waals surface area contributed by atoms with Crippen LogP contribution in [0.2, 0.25) is 0 Å². The number of benzene rings is 1. The Kier molecular flexibility index (Phi) is 4.99. The minimum Gasteiger partial charge on any atom is -0.497 e. The van der Waals surface area contributed by atoms with Crippen molar-refractivity contribution < 1.29 is 19.1 Å². The van der Waals surface area contributed by atoms with Crippen LogP contribution in [0.5, 0.6) is 5.75 Å². The maximum atomic E-state index is 13.0.